The Hall–Kier alpha value is -2.54. The van der Waals surface area contributed by atoms with Gasteiger partial charge in [-0.25, -0.2) is 0 Å². The Bertz CT molecular complexity index is 885. The molecule has 0 atom stereocenters. The van der Waals surface area contributed by atoms with Crippen molar-refractivity contribution in [1.29, 1.82) is 0 Å². The van der Waals surface area contributed by atoms with E-state index in [4.69, 9.17) is 14.9 Å². The quantitative estimate of drug-likeness (QED) is 0.599. The minimum atomic E-state index is 0.674. The van der Waals surface area contributed by atoms with E-state index in [0.717, 1.165) is 56.3 Å². The highest BCUT2D eigenvalue weighted by atomic mass is 16.5. The van der Waals surface area contributed by atoms with E-state index in [0.29, 0.717) is 13.1 Å². The molecule has 1 aliphatic heterocycles. The van der Waals surface area contributed by atoms with Crippen molar-refractivity contribution in [1.82, 2.24) is 25.2 Å². The fraction of sp³-hybridized carbons (Fsp3) is 0.391. The van der Waals surface area contributed by atoms with Crippen molar-refractivity contribution in [3.05, 3.63) is 71.4 Å². The summed E-state index contributed by atoms with van der Waals surface area (Å²) in [7, 11) is 0. The topological polar surface area (TPSA) is 55.2 Å². The van der Waals surface area contributed by atoms with E-state index in [9.17, 15) is 0 Å². The minimum absolute atomic E-state index is 0.674. The van der Waals surface area contributed by atoms with Crippen LogP contribution in [0, 0.1) is 6.92 Å². The number of ether oxygens (including phenoxy) is 1. The van der Waals surface area contributed by atoms with Crippen LogP contribution in [0.2, 0.25) is 0 Å². The zero-order valence-corrected chi connectivity index (χ0v) is 17.1. The normalized spacial score (nSPS) is 14.9. The molecule has 6 heteroatoms. The Kier molecular flexibility index (Phi) is 6.67. The van der Waals surface area contributed by atoms with Crippen LogP contribution in [0.15, 0.2) is 54.6 Å². The number of aryl methyl sites for hydroxylation is 1. The molecule has 0 saturated carbocycles. The Morgan fingerprint density at radius 1 is 0.966 bits per heavy atom. The molecule has 3 aromatic rings. The van der Waals surface area contributed by atoms with E-state index >= 15 is 0 Å². The number of rotatable bonds is 8. The molecule has 0 amide bonds. The number of benzene rings is 2. The maximum atomic E-state index is 5.42. The molecule has 1 fully saturated rings. The van der Waals surface area contributed by atoms with Gasteiger partial charge in [-0.2, -0.15) is 15.0 Å². The lowest BCUT2D eigenvalue weighted by Crippen LogP contribution is -2.40. The monoisotopic (exact) mass is 391 g/mol. The predicted octanol–water partition coefficient (Wildman–Crippen LogP) is 2.72. The van der Waals surface area contributed by atoms with Gasteiger partial charge in [0.25, 0.3) is 0 Å². The third-order valence-corrected chi connectivity index (χ3v) is 5.22. The highest BCUT2D eigenvalue weighted by molar-refractivity contribution is 5.60. The summed E-state index contributed by atoms with van der Waals surface area (Å²) in [6.45, 7) is 9.16. The van der Waals surface area contributed by atoms with E-state index in [1.165, 1.54) is 11.1 Å². The van der Waals surface area contributed by atoms with Crippen LogP contribution in [0.25, 0.3) is 11.3 Å². The SMILES string of the molecule is Cc1ccc(Cn2nc(CNCCN3CCOCC3)c(-c3ccccc3)n2)cc1. The van der Waals surface area contributed by atoms with Crippen LogP contribution in [-0.4, -0.2) is 59.3 Å². The maximum absolute atomic E-state index is 5.42. The summed E-state index contributed by atoms with van der Waals surface area (Å²) in [4.78, 5) is 4.24. The summed E-state index contributed by atoms with van der Waals surface area (Å²) in [5, 5.41) is 13.1. The van der Waals surface area contributed by atoms with Gasteiger partial charge in [0.2, 0.25) is 0 Å². The third kappa shape index (κ3) is 5.50. The average molecular weight is 392 g/mol. The number of nitrogens with one attached hydrogen (secondary N) is 1. The summed E-state index contributed by atoms with van der Waals surface area (Å²) in [5.74, 6) is 0. The largest absolute Gasteiger partial charge is 0.379 e. The van der Waals surface area contributed by atoms with Gasteiger partial charge in [-0.1, -0.05) is 60.2 Å². The first-order valence-corrected chi connectivity index (χ1v) is 10.3. The van der Waals surface area contributed by atoms with Crippen molar-refractivity contribution in [2.45, 2.75) is 20.0 Å². The van der Waals surface area contributed by atoms with Gasteiger partial charge in [0.1, 0.15) is 11.4 Å². The van der Waals surface area contributed by atoms with Crippen molar-refractivity contribution in [2.24, 2.45) is 0 Å². The van der Waals surface area contributed by atoms with Gasteiger partial charge >= 0.3 is 0 Å². The first-order chi connectivity index (χ1) is 14.3. The summed E-state index contributed by atoms with van der Waals surface area (Å²) in [6, 6.07) is 18.8. The molecule has 6 nitrogen and oxygen atoms in total. The smallest absolute Gasteiger partial charge is 0.117 e. The summed E-state index contributed by atoms with van der Waals surface area (Å²) in [5.41, 5.74) is 5.52. The standard InChI is InChI=1S/C23H29N5O/c1-19-7-9-20(10-8-19)18-28-25-22(23(26-28)21-5-3-2-4-6-21)17-24-11-12-27-13-15-29-16-14-27/h2-10,24H,11-18H2,1H3. The van der Waals surface area contributed by atoms with Gasteiger partial charge in [0, 0.05) is 38.3 Å². The highest BCUT2D eigenvalue weighted by Gasteiger charge is 2.14. The molecular weight excluding hydrogens is 362 g/mol. The van der Waals surface area contributed by atoms with E-state index in [1.54, 1.807) is 0 Å². The molecule has 0 aliphatic carbocycles. The maximum Gasteiger partial charge on any atom is 0.117 e. The summed E-state index contributed by atoms with van der Waals surface area (Å²) in [6.07, 6.45) is 0. The number of hydrogen-bond acceptors (Lipinski definition) is 5. The van der Waals surface area contributed by atoms with E-state index < -0.39 is 0 Å². The van der Waals surface area contributed by atoms with Crippen LogP contribution >= 0.6 is 0 Å². The molecule has 152 valence electrons. The zero-order chi connectivity index (χ0) is 19.9. The van der Waals surface area contributed by atoms with Crippen molar-refractivity contribution in [3.8, 4) is 11.3 Å². The Morgan fingerprint density at radius 2 is 1.72 bits per heavy atom. The van der Waals surface area contributed by atoms with E-state index in [-0.39, 0.29) is 0 Å². The molecule has 0 radical (unpaired) electrons. The van der Waals surface area contributed by atoms with Crippen LogP contribution in [0.3, 0.4) is 0 Å². The van der Waals surface area contributed by atoms with Crippen molar-refractivity contribution < 1.29 is 4.74 Å². The van der Waals surface area contributed by atoms with Gasteiger partial charge in [-0.3, -0.25) is 4.90 Å². The van der Waals surface area contributed by atoms with Gasteiger partial charge in [0.05, 0.1) is 19.8 Å². The third-order valence-electron chi connectivity index (χ3n) is 5.22. The number of morpholine rings is 1. The first kappa shape index (κ1) is 19.8. The lowest BCUT2D eigenvalue weighted by Gasteiger charge is -2.26. The van der Waals surface area contributed by atoms with Gasteiger partial charge in [-0.05, 0) is 12.5 Å². The van der Waals surface area contributed by atoms with Gasteiger partial charge in [0.15, 0.2) is 0 Å². The lowest BCUT2D eigenvalue weighted by molar-refractivity contribution is 0.0384. The lowest BCUT2D eigenvalue weighted by atomic mass is 10.1. The molecule has 1 saturated heterocycles. The number of nitrogens with zero attached hydrogens (tertiary/aromatic N) is 4. The van der Waals surface area contributed by atoms with E-state index in [2.05, 4.69) is 53.5 Å². The second-order valence-corrected chi connectivity index (χ2v) is 7.51. The molecule has 29 heavy (non-hydrogen) atoms. The first-order valence-electron chi connectivity index (χ1n) is 10.3. The molecule has 0 spiro atoms. The zero-order valence-electron chi connectivity index (χ0n) is 17.1. The second kappa shape index (κ2) is 9.78. The fourth-order valence-corrected chi connectivity index (χ4v) is 3.52. The van der Waals surface area contributed by atoms with Crippen molar-refractivity contribution in [2.75, 3.05) is 39.4 Å². The van der Waals surface area contributed by atoms with Crippen LogP contribution in [0.4, 0.5) is 0 Å². The molecule has 0 unspecified atom stereocenters. The molecule has 1 aromatic heterocycles. The average Bonchev–Trinajstić information content (AvgIpc) is 3.17. The molecule has 2 aromatic carbocycles. The van der Waals surface area contributed by atoms with E-state index in [1.807, 2.05) is 23.0 Å². The van der Waals surface area contributed by atoms with Crippen LogP contribution in [0.1, 0.15) is 16.8 Å². The molecule has 0 bridgehead atoms. The van der Waals surface area contributed by atoms with Crippen molar-refractivity contribution >= 4 is 0 Å². The summed E-state index contributed by atoms with van der Waals surface area (Å²) < 4.78 is 5.42. The minimum Gasteiger partial charge on any atom is -0.379 e. The van der Waals surface area contributed by atoms with Crippen LogP contribution in [0.5, 0.6) is 0 Å². The summed E-state index contributed by atoms with van der Waals surface area (Å²) >= 11 is 0. The highest BCUT2D eigenvalue weighted by Crippen LogP contribution is 2.20. The second-order valence-electron chi connectivity index (χ2n) is 7.51. The molecule has 4 rings (SSSR count). The number of hydrogen-bond donors (Lipinski definition) is 1. The molecule has 1 aliphatic rings. The van der Waals surface area contributed by atoms with Crippen LogP contribution < -0.4 is 5.32 Å². The molecular formula is C23H29N5O. The van der Waals surface area contributed by atoms with Crippen molar-refractivity contribution in [3.63, 3.8) is 0 Å². The fourth-order valence-electron chi connectivity index (χ4n) is 3.52. The number of aromatic nitrogens is 3. The Labute approximate surface area is 172 Å². The van der Waals surface area contributed by atoms with Gasteiger partial charge in [-0.15, -0.1) is 0 Å². The van der Waals surface area contributed by atoms with Crippen LogP contribution in [-0.2, 0) is 17.8 Å². The van der Waals surface area contributed by atoms with Gasteiger partial charge < -0.3 is 10.1 Å². The molecule has 2 heterocycles. The predicted molar refractivity (Wildman–Crippen MR) is 115 cm³/mol. The Morgan fingerprint density at radius 3 is 2.48 bits per heavy atom. The molecule has 1 N–H and O–H groups in total. The Balaban J connectivity index is 1.43.